The third kappa shape index (κ3) is 246. The number of likely N-dealkylation sites (N-methyl/N-ethyl adjacent to an activating group) is 1. The predicted molar refractivity (Wildman–Crippen MR) is 463 cm³/mol. The number of unbranched alkanes of at least 4 members (excludes halogenated alkanes) is 2. The van der Waals surface area contributed by atoms with E-state index in [1.165, 1.54) is 0 Å². The summed E-state index contributed by atoms with van der Waals surface area (Å²) in [6.45, 7) is 49.9. The van der Waals surface area contributed by atoms with Crippen LogP contribution in [0.5, 0.6) is 0 Å². The van der Waals surface area contributed by atoms with Gasteiger partial charge in [-0.2, -0.15) is 9.59 Å². The lowest BCUT2D eigenvalue weighted by molar-refractivity contribution is -0.303. The Morgan fingerprint density at radius 1 is 0.333 bits per heavy atom. The molecule has 0 aliphatic rings. The van der Waals surface area contributed by atoms with E-state index in [9.17, 15) is 19.8 Å². The second-order valence-corrected chi connectivity index (χ2v) is 17.9. The van der Waals surface area contributed by atoms with Gasteiger partial charge in [0.05, 0.1) is 104 Å². The summed E-state index contributed by atoms with van der Waals surface area (Å²) in [5.41, 5.74) is 0. The number of hydrogen-bond donors (Lipinski definition) is 8. The van der Waals surface area contributed by atoms with E-state index in [1.807, 2.05) is 69.2 Å². The van der Waals surface area contributed by atoms with Gasteiger partial charge < -0.3 is 92.8 Å². The summed E-state index contributed by atoms with van der Waals surface area (Å²) in [7, 11) is 0. The molecule has 108 heavy (non-hydrogen) atoms. The van der Waals surface area contributed by atoms with Gasteiger partial charge in [0.25, 0.3) is 0 Å². The molecule has 0 rings (SSSR count). The Kier molecular flexibility index (Phi) is 314. The Morgan fingerprint density at radius 3 is 1.07 bits per heavy atom. The zero-order valence-electron chi connectivity index (χ0n) is 60.6. The quantitative estimate of drug-likeness (QED) is 0.0121. The topological polar surface area (TPSA) is 346 Å². The third-order valence-electron chi connectivity index (χ3n) is 9.56. The van der Waals surface area contributed by atoms with Crippen molar-refractivity contribution in [1.29, 1.82) is 0 Å². The number of aliphatic hydroxyl groups excluding tert-OH is 3. The molecule has 0 radical (unpaired) electrons. The van der Waals surface area contributed by atoms with Crippen molar-refractivity contribution in [3.8, 4) is 0 Å². The smallest absolute Gasteiger partial charge is 0.408 e. The minimum absolute atomic E-state index is 0. The number of carbonyl (C=O) groups is 2. The van der Waals surface area contributed by atoms with Gasteiger partial charge in [-0.25, -0.2) is 29.1 Å². The number of alkyl carbamates (subject to hydrolysis) is 2. The zero-order chi connectivity index (χ0) is 71.1. The Balaban J connectivity index is -0.0000000313. The van der Waals surface area contributed by atoms with Crippen LogP contribution in [0.1, 0.15) is 294 Å². The molecule has 29 heteroatoms. The predicted octanol–water partition coefficient (Wildman–Crippen LogP) is 17.9. The number of carbonyl (C=O) groups excluding carboxylic acids is 4. The zero-order valence-corrected chi connectivity index (χ0v) is 60.6. The van der Waals surface area contributed by atoms with E-state index in [0.29, 0.717) is 113 Å². The van der Waals surface area contributed by atoms with E-state index in [-0.39, 0.29) is 170 Å². The normalized spacial score (nSPS) is 9.32. The highest BCUT2D eigenvalue weighted by Gasteiger charge is 2.03. The molecule has 0 fully saturated rings. The highest BCUT2D eigenvalue weighted by molar-refractivity contribution is 5.67. The number of hydrogen-bond acceptors (Lipinski definition) is 27. The van der Waals surface area contributed by atoms with Crippen molar-refractivity contribution in [2.45, 2.75) is 312 Å². The van der Waals surface area contributed by atoms with Crippen LogP contribution in [0.25, 0.3) is 0 Å². The second-order valence-electron chi connectivity index (χ2n) is 17.9. The minimum Gasteiger partial charge on any atom is -0.450 e. The summed E-state index contributed by atoms with van der Waals surface area (Å²) in [6, 6.07) is 0. The molecule has 0 saturated heterocycles. The maximum atomic E-state index is 10.9. The van der Waals surface area contributed by atoms with E-state index < -0.39 is 12.2 Å². The van der Waals surface area contributed by atoms with Gasteiger partial charge in [0.1, 0.15) is 33.5 Å². The molecule has 29 nitrogen and oxygen atoms in total. The average Bonchev–Trinajstić information content (AvgIpc) is 1.11. The Labute approximate surface area is 675 Å². The number of nitrogens with one attached hydrogen (secondary N) is 5. The van der Waals surface area contributed by atoms with Gasteiger partial charge in [-0.3, -0.25) is 10.6 Å². The van der Waals surface area contributed by atoms with Crippen LogP contribution in [-0.4, -0.2) is 257 Å². The largest absolute Gasteiger partial charge is 0.450 e. The molecule has 0 bridgehead atoms. The molecule has 0 aromatic heterocycles. The fourth-order valence-corrected chi connectivity index (χ4v) is 5.10. The van der Waals surface area contributed by atoms with Crippen molar-refractivity contribution in [1.82, 2.24) is 26.6 Å². The lowest BCUT2D eigenvalue weighted by Gasteiger charge is -2.08. The van der Waals surface area contributed by atoms with Crippen LogP contribution in [0.3, 0.4) is 0 Å². The van der Waals surface area contributed by atoms with Crippen LogP contribution in [0.15, 0.2) is 0 Å². The van der Waals surface area contributed by atoms with Gasteiger partial charge in [-0.15, -0.1) is 0 Å². The molecule has 0 aliphatic heterocycles. The van der Waals surface area contributed by atoms with Crippen LogP contribution in [0.4, 0.5) is 9.59 Å². The van der Waals surface area contributed by atoms with Gasteiger partial charge in [0.15, 0.2) is 0 Å². The van der Waals surface area contributed by atoms with Crippen LogP contribution in [0.2, 0.25) is 0 Å². The monoisotopic (exact) mass is 1610 g/mol. The van der Waals surface area contributed by atoms with E-state index in [4.69, 9.17) is 91.1 Å². The summed E-state index contributed by atoms with van der Waals surface area (Å²) in [5, 5.41) is 40.8. The highest BCUT2D eigenvalue weighted by atomic mass is 17.2. The standard InChI is InChI=1S/C10H22N2O5.C9H20N2O5.C9H20O2.C8H18O3.C8H18O2.C7H16O3.C6H15NO.C5H12O.CO2.16CH4/c1-3-5-15-10(13)12-8-11-9-17-16-7-6-14-4-2;1-3-13-5-6-15-16-8-10-7-11-9(12)14-4-2;1-3-9(10)7-5-6-8-11-4-2;1-3-5-10-6-7-11-8-9-4-2;1-3-5-6-8(9)7-10-4-2;1-3-9-4-5-10-6-7(2)8;1-3-7-5-6-8-4-2;1-3-5-6-4-2;2-1-3;;;;;;;;;;;;;;;;/h11H,3-9H2,1-2H3,(H,12,13);10H,3-8H2,1-2H3,(H,11,12);9-10H,3-8H2,1-2H3;3-8H2,1-2H3;8-9H,3-7H2,1-2H3;7-8H,3-6H2,1-2H3;7H,3-6H2,1-2H3;3-5H2,1-2H3;;16*1H4. The second kappa shape index (κ2) is 191. The molecule has 3 unspecified atom stereocenters. The van der Waals surface area contributed by atoms with Crippen molar-refractivity contribution in [2.75, 3.05) is 205 Å². The minimum atomic E-state index is -0.465. The van der Waals surface area contributed by atoms with Crippen molar-refractivity contribution in [3.63, 3.8) is 0 Å². The first kappa shape index (κ1) is 178. The van der Waals surface area contributed by atoms with Gasteiger partial charge in [0, 0.05) is 79.2 Å². The number of ether oxygens (including phenoxy) is 13. The summed E-state index contributed by atoms with van der Waals surface area (Å²) < 4.78 is 65.0. The number of amides is 2. The fourth-order valence-electron chi connectivity index (χ4n) is 5.10. The van der Waals surface area contributed by atoms with Gasteiger partial charge in [0.2, 0.25) is 0 Å². The SMILES string of the molecule is C.C.C.C.C.C.C.C.C.C.C.C.C.C.C.C.CCCCC(O)COCC.CCCOC(=O)NCNCOOCCOCC.CCCOCC.CCCOCCOCOCC.CCNCCOCC.CCOCCCCC(O)CC.CCOCCOCC(C)O.CCOCCOOCNCNC(=O)OCC.O=C=O. The maximum Gasteiger partial charge on any atom is 0.408 e. The molecule has 2 amide bonds. The molecule has 0 saturated carbocycles. The molecule has 3 atom stereocenters. The lowest BCUT2D eigenvalue weighted by atomic mass is 10.1. The van der Waals surface area contributed by atoms with E-state index in [0.717, 1.165) is 130 Å². The first-order valence-corrected chi connectivity index (χ1v) is 33.5. The highest BCUT2D eigenvalue weighted by Crippen LogP contribution is 2.04. The molecular weight excluding hydrogens is 1400 g/mol. The lowest BCUT2D eigenvalue weighted by Crippen LogP contribution is -2.35. The maximum absolute atomic E-state index is 10.9. The first-order valence-electron chi connectivity index (χ1n) is 33.5. The first-order chi connectivity index (χ1) is 44.7. The molecular formula is C79H205N5O24. The average molecular weight is 1610 g/mol. The van der Waals surface area contributed by atoms with Crippen molar-refractivity contribution >= 4 is 18.3 Å². The molecule has 0 spiro atoms. The van der Waals surface area contributed by atoms with E-state index >= 15 is 0 Å². The van der Waals surface area contributed by atoms with Crippen LogP contribution < -0.4 is 26.6 Å². The summed E-state index contributed by atoms with van der Waals surface area (Å²) in [4.78, 5) is 57.0. The Bertz CT molecular complexity index is 1230. The molecule has 0 aromatic rings. The van der Waals surface area contributed by atoms with Crippen LogP contribution >= 0.6 is 0 Å². The van der Waals surface area contributed by atoms with Gasteiger partial charge >= 0.3 is 18.3 Å². The fraction of sp³-hybridized carbons (Fsp3) is 0.962. The summed E-state index contributed by atoms with van der Waals surface area (Å²) in [6.07, 6.45) is 8.66. The molecule has 0 aliphatic carbocycles. The van der Waals surface area contributed by atoms with Crippen molar-refractivity contribution in [2.24, 2.45) is 0 Å². The number of aliphatic hydroxyl groups is 3. The van der Waals surface area contributed by atoms with Gasteiger partial charge in [-0.05, 0) is 127 Å². The van der Waals surface area contributed by atoms with Crippen molar-refractivity contribution in [3.05, 3.63) is 0 Å². The molecule has 0 aromatic carbocycles. The molecule has 0 heterocycles. The molecule has 690 valence electrons. The number of rotatable bonds is 56. The summed E-state index contributed by atoms with van der Waals surface area (Å²) >= 11 is 0. The van der Waals surface area contributed by atoms with E-state index in [1.54, 1.807) is 13.8 Å². The van der Waals surface area contributed by atoms with Crippen LogP contribution in [0, 0.1) is 0 Å². The van der Waals surface area contributed by atoms with Gasteiger partial charge in [-0.1, -0.05) is 173 Å². The van der Waals surface area contributed by atoms with E-state index in [2.05, 4.69) is 59.0 Å². The summed E-state index contributed by atoms with van der Waals surface area (Å²) in [5.74, 6) is 0. The molecule has 8 N–H and O–H groups in total. The van der Waals surface area contributed by atoms with Crippen molar-refractivity contribution < 1.29 is 116 Å². The van der Waals surface area contributed by atoms with Crippen LogP contribution in [-0.2, 0) is 90.7 Å². The Morgan fingerprint density at radius 2 is 0.694 bits per heavy atom. The Hall–Kier alpha value is -2.92. The third-order valence-corrected chi connectivity index (χ3v) is 9.56.